The monoisotopic (exact) mass is 266 g/mol. The van der Waals surface area contributed by atoms with E-state index in [9.17, 15) is 4.79 Å². The molecule has 0 saturated carbocycles. The number of nitrogens with one attached hydrogen (secondary N) is 2. The van der Waals surface area contributed by atoms with E-state index >= 15 is 0 Å². The van der Waals surface area contributed by atoms with Crippen molar-refractivity contribution in [2.24, 2.45) is 0 Å². The molecule has 0 spiro atoms. The van der Waals surface area contributed by atoms with Crippen LogP contribution in [0, 0.1) is 0 Å². The maximum absolute atomic E-state index is 11.9. The summed E-state index contributed by atoms with van der Waals surface area (Å²) < 4.78 is 10.8. The molecular formula is C14H22N2O3. The van der Waals surface area contributed by atoms with Gasteiger partial charge in [0.2, 0.25) is 5.91 Å². The minimum atomic E-state index is -0.242. The highest BCUT2D eigenvalue weighted by atomic mass is 16.5. The summed E-state index contributed by atoms with van der Waals surface area (Å²) in [5.74, 6) is 0.731. The Hall–Kier alpha value is -1.33. The van der Waals surface area contributed by atoms with Crippen LogP contribution in [0.4, 0.5) is 0 Å². The van der Waals surface area contributed by atoms with Gasteiger partial charge in [0.1, 0.15) is 5.76 Å². The molecule has 0 bridgehead atoms. The summed E-state index contributed by atoms with van der Waals surface area (Å²) in [6.45, 7) is 5.18. The van der Waals surface area contributed by atoms with Crippen molar-refractivity contribution in [1.82, 2.24) is 10.6 Å². The summed E-state index contributed by atoms with van der Waals surface area (Å²) in [6, 6.07) is 3.59. The standard InChI is InChI=1S/C14H22N2O3/c1-10(13-6-4-8-19-13)16-11(2)14(17)15-9-12-5-3-7-18-12/h3,5,7,10-11,13,16H,4,6,8-9H2,1-2H3,(H,15,17). The lowest BCUT2D eigenvalue weighted by atomic mass is 10.1. The summed E-state index contributed by atoms with van der Waals surface area (Å²) in [5, 5.41) is 6.13. The third-order valence-electron chi connectivity index (χ3n) is 3.45. The van der Waals surface area contributed by atoms with Gasteiger partial charge in [-0.05, 0) is 38.8 Å². The smallest absolute Gasteiger partial charge is 0.237 e. The van der Waals surface area contributed by atoms with Crippen LogP contribution in [-0.2, 0) is 16.1 Å². The molecule has 19 heavy (non-hydrogen) atoms. The molecular weight excluding hydrogens is 244 g/mol. The Kier molecular flexibility index (Phi) is 4.99. The predicted octanol–water partition coefficient (Wildman–Crippen LogP) is 1.44. The van der Waals surface area contributed by atoms with Crippen LogP contribution in [-0.4, -0.2) is 30.7 Å². The lowest BCUT2D eigenvalue weighted by Crippen LogP contribution is -2.49. The molecule has 1 amide bonds. The van der Waals surface area contributed by atoms with Crippen LogP contribution in [0.5, 0.6) is 0 Å². The number of hydrogen-bond donors (Lipinski definition) is 2. The van der Waals surface area contributed by atoms with Crippen LogP contribution in [0.1, 0.15) is 32.4 Å². The van der Waals surface area contributed by atoms with Crippen LogP contribution in [0.25, 0.3) is 0 Å². The third-order valence-corrected chi connectivity index (χ3v) is 3.45. The topological polar surface area (TPSA) is 63.5 Å². The van der Waals surface area contributed by atoms with E-state index in [-0.39, 0.29) is 24.1 Å². The second-order valence-corrected chi connectivity index (χ2v) is 5.03. The summed E-state index contributed by atoms with van der Waals surface area (Å²) in [4.78, 5) is 11.9. The molecule has 1 fully saturated rings. The van der Waals surface area contributed by atoms with E-state index in [1.165, 1.54) is 0 Å². The van der Waals surface area contributed by atoms with E-state index in [4.69, 9.17) is 9.15 Å². The van der Waals surface area contributed by atoms with Gasteiger partial charge in [0, 0.05) is 12.6 Å². The van der Waals surface area contributed by atoms with Crippen LogP contribution >= 0.6 is 0 Å². The lowest BCUT2D eigenvalue weighted by Gasteiger charge is -2.23. The summed E-state index contributed by atoms with van der Waals surface area (Å²) in [7, 11) is 0. The first-order chi connectivity index (χ1) is 9.16. The average Bonchev–Trinajstić information content (AvgIpc) is 3.08. The van der Waals surface area contributed by atoms with Gasteiger partial charge in [-0.25, -0.2) is 0 Å². The number of ether oxygens (including phenoxy) is 1. The number of furan rings is 1. The predicted molar refractivity (Wildman–Crippen MR) is 71.6 cm³/mol. The van der Waals surface area contributed by atoms with Crippen LogP contribution in [0.2, 0.25) is 0 Å². The molecule has 1 saturated heterocycles. The molecule has 1 aromatic rings. The Balaban J connectivity index is 1.72. The number of amides is 1. The van der Waals surface area contributed by atoms with Crippen molar-refractivity contribution in [3.63, 3.8) is 0 Å². The molecule has 2 rings (SSSR count). The minimum Gasteiger partial charge on any atom is -0.467 e. The van der Waals surface area contributed by atoms with Gasteiger partial charge in [-0.1, -0.05) is 0 Å². The van der Waals surface area contributed by atoms with Gasteiger partial charge in [0.15, 0.2) is 0 Å². The lowest BCUT2D eigenvalue weighted by molar-refractivity contribution is -0.123. The Morgan fingerprint density at radius 3 is 3.00 bits per heavy atom. The van der Waals surface area contributed by atoms with Crippen molar-refractivity contribution in [3.05, 3.63) is 24.2 Å². The van der Waals surface area contributed by atoms with Crippen LogP contribution in [0.15, 0.2) is 22.8 Å². The Morgan fingerprint density at radius 1 is 1.53 bits per heavy atom. The highest BCUT2D eigenvalue weighted by Crippen LogP contribution is 2.15. The summed E-state index contributed by atoms with van der Waals surface area (Å²) >= 11 is 0. The first-order valence-corrected chi connectivity index (χ1v) is 6.84. The third kappa shape index (κ3) is 4.08. The highest BCUT2D eigenvalue weighted by molar-refractivity contribution is 5.81. The van der Waals surface area contributed by atoms with Gasteiger partial charge in [-0.3, -0.25) is 4.79 Å². The zero-order chi connectivity index (χ0) is 13.7. The van der Waals surface area contributed by atoms with Crippen molar-refractivity contribution in [2.45, 2.75) is 51.4 Å². The second kappa shape index (κ2) is 6.73. The van der Waals surface area contributed by atoms with E-state index in [1.54, 1.807) is 6.26 Å². The molecule has 1 aromatic heterocycles. The van der Waals surface area contributed by atoms with Crippen molar-refractivity contribution >= 4 is 5.91 Å². The van der Waals surface area contributed by atoms with Crippen molar-refractivity contribution in [2.75, 3.05) is 6.61 Å². The first kappa shape index (κ1) is 14.1. The molecule has 2 heterocycles. The zero-order valence-electron chi connectivity index (χ0n) is 11.5. The van der Waals surface area contributed by atoms with Gasteiger partial charge in [-0.15, -0.1) is 0 Å². The van der Waals surface area contributed by atoms with Crippen LogP contribution in [0.3, 0.4) is 0 Å². The maximum atomic E-state index is 11.9. The van der Waals surface area contributed by atoms with Gasteiger partial charge < -0.3 is 19.8 Å². The van der Waals surface area contributed by atoms with Crippen molar-refractivity contribution in [3.8, 4) is 0 Å². The van der Waals surface area contributed by atoms with Gasteiger partial charge in [0.25, 0.3) is 0 Å². The quantitative estimate of drug-likeness (QED) is 0.818. The fourth-order valence-corrected chi connectivity index (χ4v) is 2.31. The normalized spacial score (nSPS) is 22.1. The molecule has 0 radical (unpaired) electrons. The van der Waals surface area contributed by atoms with E-state index in [0.29, 0.717) is 6.54 Å². The largest absolute Gasteiger partial charge is 0.467 e. The second-order valence-electron chi connectivity index (χ2n) is 5.03. The van der Waals surface area contributed by atoms with E-state index in [1.807, 2.05) is 19.1 Å². The molecule has 2 N–H and O–H groups in total. The molecule has 0 aromatic carbocycles. The van der Waals surface area contributed by atoms with E-state index < -0.39 is 0 Å². The van der Waals surface area contributed by atoms with Crippen molar-refractivity contribution in [1.29, 1.82) is 0 Å². The number of rotatable bonds is 6. The number of carbonyl (C=O) groups excluding carboxylic acids is 1. The Labute approximate surface area is 113 Å². The number of hydrogen-bond acceptors (Lipinski definition) is 4. The molecule has 0 aliphatic carbocycles. The fraction of sp³-hybridized carbons (Fsp3) is 0.643. The minimum absolute atomic E-state index is 0.0266. The van der Waals surface area contributed by atoms with Crippen LogP contribution < -0.4 is 10.6 Å². The van der Waals surface area contributed by atoms with E-state index in [2.05, 4.69) is 17.6 Å². The van der Waals surface area contributed by atoms with Gasteiger partial charge in [-0.2, -0.15) is 0 Å². The molecule has 3 atom stereocenters. The van der Waals surface area contributed by atoms with Gasteiger partial charge >= 0.3 is 0 Å². The molecule has 5 nitrogen and oxygen atoms in total. The maximum Gasteiger partial charge on any atom is 0.237 e. The molecule has 5 heteroatoms. The Bertz CT molecular complexity index is 385. The van der Waals surface area contributed by atoms with E-state index in [0.717, 1.165) is 25.2 Å². The fourth-order valence-electron chi connectivity index (χ4n) is 2.31. The zero-order valence-corrected chi connectivity index (χ0v) is 11.5. The summed E-state index contributed by atoms with van der Waals surface area (Å²) in [5.41, 5.74) is 0. The first-order valence-electron chi connectivity index (χ1n) is 6.84. The molecule has 1 aliphatic heterocycles. The van der Waals surface area contributed by atoms with Crippen molar-refractivity contribution < 1.29 is 13.9 Å². The number of carbonyl (C=O) groups is 1. The van der Waals surface area contributed by atoms with Gasteiger partial charge in [0.05, 0.1) is 25.0 Å². The SMILES string of the molecule is CC(NC(C)C1CCCO1)C(=O)NCc1ccco1. The molecule has 1 aliphatic rings. The Morgan fingerprint density at radius 2 is 2.37 bits per heavy atom. The average molecular weight is 266 g/mol. The molecule has 3 unspecified atom stereocenters. The molecule has 106 valence electrons. The summed E-state index contributed by atoms with van der Waals surface area (Å²) in [6.07, 6.45) is 3.99. The highest BCUT2D eigenvalue weighted by Gasteiger charge is 2.25.